The van der Waals surface area contributed by atoms with Gasteiger partial charge in [-0.2, -0.15) is 0 Å². The number of allylic oxidation sites excluding steroid dienone is 3. The number of hydrogen-bond donors (Lipinski definition) is 2. The van der Waals surface area contributed by atoms with Crippen LogP contribution in [0.3, 0.4) is 0 Å². The van der Waals surface area contributed by atoms with Crippen molar-refractivity contribution in [2.75, 3.05) is 13.2 Å². The first-order chi connectivity index (χ1) is 14.5. The van der Waals surface area contributed by atoms with Crippen molar-refractivity contribution in [3.05, 3.63) is 57.5 Å². The summed E-state index contributed by atoms with van der Waals surface area (Å²) in [6, 6.07) is 4.79. The molecule has 4 aliphatic rings. The molecule has 1 aromatic rings. The number of amides is 1. The Balaban J connectivity index is 1.67. The average Bonchev–Trinajstić information content (AvgIpc) is 3.16. The monoisotopic (exact) mass is 450 g/mol. The van der Waals surface area contributed by atoms with Gasteiger partial charge in [0.15, 0.2) is 0 Å². The number of aliphatic hydroxyl groups is 1. The first-order valence-electron chi connectivity index (χ1n) is 10.7. The Morgan fingerprint density at radius 3 is 2.77 bits per heavy atom. The number of nitrogens with zero attached hydrogens (tertiary/aromatic N) is 1. The van der Waals surface area contributed by atoms with E-state index in [-0.39, 0.29) is 29.5 Å². The van der Waals surface area contributed by atoms with Crippen molar-refractivity contribution in [2.45, 2.75) is 49.6 Å². The fourth-order valence-corrected chi connectivity index (χ4v) is 6.38. The number of halogens is 3. The van der Waals surface area contributed by atoms with Crippen LogP contribution in [0.15, 0.2) is 41.1 Å². The molecule has 1 amide bonds. The van der Waals surface area contributed by atoms with Crippen LogP contribution in [0.5, 0.6) is 0 Å². The number of aliphatic hydroxyl groups excluding tert-OH is 1. The molecule has 160 valence electrons. The van der Waals surface area contributed by atoms with E-state index in [0.29, 0.717) is 29.4 Å². The van der Waals surface area contributed by atoms with Crippen molar-refractivity contribution in [1.29, 1.82) is 0 Å². The third-order valence-corrected chi connectivity index (χ3v) is 8.13. The highest BCUT2D eigenvalue weighted by molar-refractivity contribution is 6.31. The predicted octanol–water partition coefficient (Wildman–Crippen LogP) is 4.32. The van der Waals surface area contributed by atoms with Crippen molar-refractivity contribution in [1.82, 2.24) is 10.2 Å². The Morgan fingerprint density at radius 2 is 2.07 bits per heavy atom. The number of likely N-dealkylation sites (tertiary alicyclic amines) is 1. The quantitative estimate of drug-likeness (QED) is 0.717. The van der Waals surface area contributed by atoms with Gasteiger partial charge < -0.3 is 10.4 Å². The van der Waals surface area contributed by atoms with E-state index in [9.17, 15) is 9.90 Å². The number of hydrogen-bond acceptors (Lipinski definition) is 3. The van der Waals surface area contributed by atoms with Crippen molar-refractivity contribution >= 4 is 29.1 Å². The summed E-state index contributed by atoms with van der Waals surface area (Å²) in [4.78, 5) is 15.9. The fourth-order valence-electron chi connectivity index (χ4n) is 5.99. The first kappa shape index (κ1) is 20.5. The minimum Gasteiger partial charge on any atom is -0.395 e. The molecule has 1 aromatic carbocycles. The predicted molar refractivity (Wildman–Crippen MR) is 115 cm³/mol. The molecule has 2 heterocycles. The van der Waals surface area contributed by atoms with Gasteiger partial charge in [0.05, 0.1) is 11.6 Å². The topological polar surface area (TPSA) is 52.6 Å². The van der Waals surface area contributed by atoms with Crippen molar-refractivity contribution in [3.63, 3.8) is 0 Å². The van der Waals surface area contributed by atoms with Gasteiger partial charge in [-0.05, 0) is 49.3 Å². The summed E-state index contributed by atoms with van der Waals surface area (Å²) in [5.74, 6) is -0.664. The van der Waals surface area contributed by atoms with Crippen LogP contribution in [-0.2, 0) is 4.79 Å². The minimum absolute atomic E-state index is 0.0568. The minimum atomic E-state index is -0.964. The lowest BCUT2D eigenvalue weighted by Gasteiger charge is -2.45. The molecule has 5 rings (SSSR count). The summed E-state index contributed by atoms with van der Waals surface area (Å²) in [6.07, 6.45) is 8.29. The van der Waals surface area contributed by atoms with Crippen molar-refractivity contribution in [3.8, 4) is 0 Å². The third-order valence-electron chi connectivity index (χ3n) is 7.57. The van der Waals surface area contributed by atoms with E-state index >= 15 is 4.39 Å². The molecule has 4 atom stereocenters. The van der Waals surface area contributed by atoms with Gasteiger partial charge in [-0.3, -0.25) is 9.69 Å². The van der Waals surface area contributed by atoms with Gasteiger partial charge in [0.25, 0.3) is 0 Å². The Morgan fingerprint density at radius 1 is 1.27 bits per heavy atom. The molecule has 3 fully saturated rings. The molecule has 2 saturated heterocycles. The summed E-state index contributed by atoms with van der Waals surface area (Å²) in [5.41, 5.74) is 0.278. The Bertz CT molecular complexity index is 945. The molecule has 7 heteroatoms. The smallest absolute Gasteiger partial charge is 0.246 e. The highest BCUT2D eigenvalue weighted by atomic mass is 35.5. The Kier molecular flexibility index (Phi) is 5.21. The molecule has 4 nitrogen and oxygen atoms in total. The molecule has 2 aliphatic heterocycles. The zero-order valence-corrected chi connectivity index (χ0v) is 18.1. The highest BCUT2D eigenvalue weighted by Gasteiger charge is 2.66. The van der Waals surface area contributed by atoms with Crippen LogP contribution in [0.2, 0.25) is 5.02 Å². The van der Waals surface area contributed by atoms with Crippen LogP contribution >= 0.6 is 23.2 Å². The molecule has 2 aliphatic carbocycles. The van der Waals surface area contributed by atoms with E-state index in [0.717, 1.165) is 25.1 Å². The van der Waals surface area contributed by atoms with E-state index in [1.807, 2.05) is 12.2 Å². The van der Waals surface area contributed by atoms with Crippen LogP contribution in [0.25, 0.3) is 0 Å². The van der Waals surface area contributed by atoms with E-state index in [1.165, 1.54) is 12.5 Å². The van der Waals surface area contributed by atoms with Gasteiger partial charge in [-0.25, -0.2) is 4.39 Å². The van der Waals surface area contributed by atoms with E-state index < -0.39 is 17.3 Å². The van der Waals surface area contributed by atoms with Crippen LogP contribution < -0.4 is 5.32 Å². The summed E-state index contributed by atoms with van der Waals surface area (Å²) >= 11 is 12.4. The zero-order chi connectivity index (χ0) is 21.0. The van der Waals surface area contributed by atoms with Crippen LogP contribution in [0.4, 0.5) is 4.39 Å². The molecule has 0 aromatic heterocycles. The Labute approximate surface area is 185 Å². The van der Waals surface area contributed by atoms with Gasteiger partial charge in [0.2, 0.25) is 5.91 Å². The molecule has 2 N–H and O–H groups in total. The average molecular weight is 451 g/mol. The van der Waals surface area contributed by atoms with Crippen LogP contribution in [0, 0.1) is 17.7 Å². The maximum absolute atomic E-state index is 15.2. The summed E-state index contributed by atoms with van der Waals surface area (Å²) in [5, 5.41) is 14.0. The summed E-state index contributed by atoms with van der Waals surface area (Å²) < 4.78 is 15.2. The van der Waals surface area contributed by atoms with E-state index in [1.54, 1.807) is 12.1 Å². The zero-order valence-electron chi connectivity index (χ0n) is 16.6. The molecular formula is C23H25Cl2FN2O2. The lowest BCUT2D eigenvalue weighted by molar-refractivity contribution is -0.132. The standard InChI is InChI=1S/C23H25Cl2FN2O2/c24-14-7-8-17-20(9-14)27-22(30)23(17)18(16-5-2-6-19(25)21(16)26)10-15(12-29)28(23)11-13-3-1-4-13/h2,5-7,9,13,15,17-18,29H,1,3-4,8,10-12H2,(H,27,30)/t15-,17?,18-,23-/m1/s1. The first-order valence-corrected chi connectivity index (χ1v) is 11.4. The van der Waals surface area contributed by atoms with E-state index in [2.05, 4.69) is 10.2 Å². The molecule has 1 saturated carbocycles. The second-order valence-corrected chi connectivity index (χ2v) is 9.82. The van der Waals surface area contributed by atoms with Crippen molar-refractivity contribution < 1.29 is 14.3 Å². The van der Waals surface area contributed by atoms with Gasteiger partial charge in [-0.15, -0.1) is 0 Å². The lowest BCUT2D eigenvalue weighted by Crippen LogP contribution is -2.60. The largest absolute Gasteiger partial charge is 0.395 e. The number of nitrogens with one attached hydrogen (secondary N) is 1. The highest BCUT2D eigenvalue weighted by Crippen LogP contribution is 2.57. The summed E-state index contributed by atoms with van der Waals surface area (Å²) in [7, 11) is 0. The normalized spacial score (nSPS) is 33.9. The molecule has 1 spiro atoms. The van der Waals surface area contributed by atoms with E-state index in [4.69, 9.17) is 23.2 Å². The molecule has 30 heavy (non-hydrogen) atoms. The fraction of sp³-hybridized carbons (Fsp3) is 0.522. The molecule has 0 bridgehead atoms. The molecular weight excluding hydrogens is 426 g/mol. The number of benzene rings is 1. The van der Waals surface area contributed by atoms with Gasteiger partial charge in [0.1, 0.15) is 11.4 Å². The van der Waals surface area contributed by atoms with Crippen LogP contribution in [-0.4, -0.2) is 40.6 Å². The maximum Gasteiger partial charge on any atom is 0.246 e. The number of rotatable bonds is 4. The molecule has 0 radical (unpaired) electrons. The number of fused-ring (bicyclic) bond motifs is 2. The second kappa shape index (κ2) is 7.63. The SMILES string of the molecule is O=C1NC2=CC(Cl)=CCC2[C@@]12[C@@H](c1cccc(Cl)c1F)C[C@H](CO)N2CC1CCC1. The van der Waals surface area contributed by atoms with Gasteiger partial charge in [0, 0.05) is 35.2 Å². The molecule has 1 unspecified atom stereocenters. The van der Waals surface area contributed by atoms with Gasteiger partial charge >= 0.3 is 0 Å². The Hall–Kier alpha value is -1.40. The maximum atomic E-state index is 15.2. The van der Waals surface area contributed by atoms with Crippen molar-refractivity contribution in [2.24, 2.45) is 11.8 Å². The van der Waals surface area contributed by atoms with Gasteiger partial charge in [-0.1, -0.05) is 47.8 Å². The number of carbonyl (C=O) groups is 1. The second-order valence-electron chi connectivity index (χ2n) is 8.97. The third kappa shape index (κ3) is 2.89. The number of carbonyl (C=O) groups excluding carboxylic acids is 1. The summed E-state index contributed by atoms with van der Waals surface area (Å²) in [6.45, 7) is 0.668. The lowest BCUT2D eigenvalue weighted by atomic mass is 9.69. The van der Waals surface area contributed by atoms with Crippen LogP contribution in [0.1, 0.15) is 43.6 Å².